The molecule has 4 aromatic carbocycles. The van der Waals surface area contributed by atoms with Gasteiger partial charge in [0.05, 0.1) is 22.5 Å². The van der Waals surface area contributed by atoms with Crippen LogP contribution in [0.1, 0.15) is 76.8 Å². The molecule has 222 valence electrons. The van der Waals surface area contributed by atoms with Crippen molar-refractivity contribution in [1.29, 1.82) is 0 Å². The molecule has 3 aliphatic carbocycles. The zero-order chi connectivity index (χ0) is 30.1. The SMILES string of the molecule is C[C@]12CC[C@@H]3c4ccc(OC(=O)c5ccc(N=Nc6ccccc6)cc5)cc4CC[C@H]3[C@@H]1CCC2OC(=O)c1ccccc1. The third kappa shape index (κ3) is 5.45. The molecule has 6 heteroatoms. The van der Waals surface area contributed by atoms with E-state index in [1.54, 1.807) is 24.3 Å². The summed E-state index contributed by atoms with van der Waals surface area (Å²) in [6.45, 7) is 2.35. The van der Waals surface area contributed by atoms with Gasteiger partial charge in [0.2, 0.25) is 0 Å². The number of nitrogens with zero attached hydrogens (tertiary/aromatic N) is 2. The number of rotatable bonds is 6. The van der Waals surface area contributed by atoms with Gasteiger partial charge >= 0.3 is 11.9 Å². The molecule has 0 saturated heterocycles. The molecule has 0 aliphatic heterocycles. The second-order valence-electron chi connectivity index (χ2n) is 12.6. The maximum Gasteiger partial charge on any atom is 0.343 e. The van der Waals surface area contributed by atoms with E-state index in [1.807, 2.05) is 66.7 Å². The van der Waals surface area contributed by atoms with Crippen LogP contribution in [0.25, 0.3) is 0 Å². The molecule has 0 amide bonds. The Hall–Kier alpha value is -4.58. The van der Waals surface area contributed by atoms with Crippen molar-refractivity contribution in [2.75, 3.05) is 0 Å². The number of carbonyl (C=O) groups excluding carboxylic acids is 2. The molecule has 0 radical (unpaired) electrons. The van der Waals surface area contributed by atoms with Crippen LogP contribution in [-0.4, -0.2) is 18.0 Å². The van der Waals surface area contributed by atoms with Crippen molar-refractivity contribution in [3.05, 3.63) is 125 Å². The standard InChI is InChI=1S/C38H36N2O4/c1-38-23-22-32-31-19-17-30(43-36(41)26-12-15-29(16-13-26)40-39-28-10-6-3-7-11-28)24-27(31)14-18-33(32)34(38)20-21-35(38)44-37(42)25-8-4-2-5-9-25/h2-13,15-17,19,24,32-35H,14,18,20-23H2,1H3/t32-,33-,34+,35?,38+/m1/s1. The monoisotopic (exact) mass is 584 g/mol. The molecule has 2 saturated carbocycles. The van der Waals surface area contributed by atoms with Crippen LogP contribution in [0.3, 0.4) is 0 Å². The molecule has 3 aliphatic rings. The predicted molar refractivity (Wildman–Crippen MR) is 169 cm³/mol. The van der Waals surface area contributed by atoms with E-state index in [-0.39, 0.29) is 23.5 Å². The fraction of sp³-hybridized carbons (Fsp3) is 0.316. The van der Waals surface area contributed by atoms with E-state index < -0.39 is 0 Å². The van der Waals surface area contributed by atoms with Gasteiger partial charge in [-0.2, -0.15) is 10.2 Å². The average Bonchev–Trinajstić information content (AvgIpc) is 3.40. The number of ether oxygens (including phenoxy) is 2. The van der Waals surface area contributed by atoms with Crippen LogP contribution in [0.5, 0.6) is 5.75 Å². The largest absolute Gasteiger partial charge is 0.458 e. The lowest BCUT2D eigenvalue weighted by Gasteiger charge is -2.50. The number of azo groups is 1. The van der Waals surface area contributed by atoms with Crippen LogP contribution < -0.4 is 4.74 Å². The highest BCUT2D eigenvalue weighted by molar-refractivity contribution is 5.91. The zero-order valence-corrected chi connectivity index (χ0v) is 24.9. The highest BCUT2D eigenvalue weighted by Gasteiger charge is 2.56. The highest BCUT2D eigenvalue weighted by atomic mass is 16.5. The lowest BCUT2D eigenvalue weighted by Crippen LogP contribution is -2.45. The van der Waals surface area contributed by atoms with Crippen molar-refractivity contribution in [3.8, 4) is 5.75 Å². The van der Waals surface area contributed by atoms with E-state index in [2.05, 4.69) is 29.3 Å². The number of hydrogen-bond donors (Lipinski definition) is 0. The van der Waals surface area contributed by atoms with Crippen LogP contribution in [0.4, 0.5) is 11.4 Å². The van der Waals surface area contributed by atoms with Gasteiger partial charge in [-0.05, 0) is 128 Å². The van der Waals surface area contributed by atoms with Crippen molar-refractivity contribution in [2.24, 2.45) is 27.5 Å². The summed E-state index contributed by atoms with van der Waals surface area (Å²) in [4.78, 5) is 25.8. The highest BCUT2D eigenvalue weighted by Crippen LogP contribution is 2.61. The van der Waals surface area contributed by atoms with E-state index in [1.165, 1.54) is 11.1 Å². The molecule has 0 N–H and O–H groups in total. The van der Waals surface area contributed by atoms with Gasteiger partial charge in [0.1, 0.15) is 11.9 Å². The maximum atomic E-state index is 12.9. The van der Waals surface area contributed by atoms with E-state index >= 15 is 0 Å². The van der Waals surface area contributed by atoms with Crippen molar-refractivity contribution in [3.63, 3.8) is 0 Å². The van der Waals surface area contributed by atoms with Crippen LogP contribution in [0.2, 0.25) is 0 Å². The van der Waals surface area contributed by atoms with E-state index in [9.17, 15) is 9.59 Å². The molecular formula is C38H36N2O4. The number of aryl methyl sites for hydroxylation is 1. The maximum absolute atomic E-state index is 12.9. The molecule has 0 bridgehead atoms. The van der Waals surface area contributed by atoms with E-state index in [0.29, 0.717) is 40.3 Å². The lowest BCUT2D eigenvalue weighted by atomic mass is 9.55. The molecular weight excluding hydrogens is 548 g/mol. The first-order valence-electron chi connectivity index (χ1n) is 15.7. The third-order valence-electron chi connectivity index (χ3n) is 10.2. The molecule has 2 fully saturated rings. The Balaban J connectivity index is 0.999. The van der Waals surface area contributed by atoms with Crippen molar-refractivity contribution < 1.29 is 19.1 Å². The summed E-state index contributed by atoms with van der Waals surface area (Å²) in [5, 5.41) is 8.47. The minimum absolute atomic E-state index is 0.0110. The van der Waals surface area contributed by atoms with Gasteiger partial charge < -0.3 is 9.47 Å². The predicted octanol–water partition coefficient (Wildman–Crippen LogP) is 9.40. The fourth-order valence-corrected chi connectivity index (χ4v) is 7.98. The molecule has 0 aromatic heterocycles. The second kappa shape index (κ2) is 11.8. The first-order valence-corrected chi connectivity index (χ1v) is 15.7. The molecule has 6 nitrogen and oxygen atoms in total. The summed E-state index contributed by atoms with van der Waals surface area (Å²) in [6, 6.07) is 32.0. The molecule has 44 heavy (non-hydrogen) atoms. The van der Waals surface area contributed by atoms with Crippen LogP contribution >= 0.6 is 0 Å². The van der Waals surface area contributed by atoms with Crippen LogP contribution in [0.15, 0.2) is 113 Å². The van der Waals surface area contributed by atoms with Crippen molar-refractivity contribution >= 4 is 23.3 Å². The van der Waals surface area contributed by atoms with Gasteiger partial charge in [-0.25, -0.2) is 9.59 Å². The van der Waals surface area contributed by atoms with Gasteiger partial charge in [-0.15, -0.1) is 0 Å². The number of fused-ring (bicyclic) bond motifs is 5. The molecule has 5 atom stereocenters. The summed E-state index contributed by atoms with van der Waals surface area (Å²) in [5.41, 5.74) is 5.21. The molecule has 0 spiro atoms. The second-order valence-corrected chi connectivity index (χ2v) is 12.6. The van der Waals surface area contributed by atoms with E-state index in [0.717, 1.165) is 44.2 Å². The topological polar surface area (TPSA) is 77.3 Å². The van der Waals surface area contributed by atoms with Crippen molar-refractivity contribution in [2.45, 2.75) is 57.5 Å². The Kier molecular flexibility index (Phi) is 7.59. The molecule has 7 rings (SSSR count). The number of hydrogen-bond acceptors (Lipinski definition) is 6. The normalized spacial score (nSPS) is 25.5. The van der Waals surface area contributed by atoms with Gasteiger partial charge in [-0.1, -0.05) is 49.4 Å². The number of benzene rings is 4. The molecule has 0 heterocycles. The Morgan fingerprint density at radius 1 is 0.727 bits per heavy atom. The molecule has 1 unspecified atom stereocenters. The Morgan fingerprint density at radius 3 is 2.16 bits per heavy atom. The summed E-state index contributed by atoms with van der Waals surface area (Å²) < 4.78 is 12.0. The minimum Gasteiger partial charge on any atom is -0.458 e. The lowest BCUT2D eigenvalue weighted by molar-refractivity contribution is -0.0427. The Morgan fingerprint density at radius 2 is 1.41 bits per heavy atom. The summed E-state index contributed by atoms with van der Waals surface area (Å²) in [6.07, 6.45) is 6.19. The first-order chi connectivity index (χ1) is 21.5. The zero-order valence-electron chi connectivity index (χ0n) is 24.9. The van der Waals surface area contributed by atoms with E-state index in [4.69, 9.17) is 9.47 Å². The van der Waals surface area contributed by atoms with Gasteiger partial charge in [0, 0.05) is 5.41 Å². The summed E-state index contributed by atoms with van der Waals surface area (Å²) in [5.74, 6) is 1.58. The van der Waals surface area contributed by atoms with Crippen LogP contribution in [0, 0.1) is 17.3 Å². The average molecular weight is 585 g/mol. The third-order valence-corrected chi connectivity index (χ3v) is 10.2. The first kappa shape index (κ1) is 28.2. The Bertz CT molecular complexity index is 1690. The summed E-state index contributed by atoms with van der Waals surface area (Å²) in [7, 11) is 0. The number of carbonyl (C=O) groups is 2. The number of esters is 2. The quantitative estimate of drug-likeness (QED) is 0.128. The Labute approximate surface area is 258 Å². The van der Waals surface area contributed by atoms with Gasteiger partial charge in [0.25, 0.3) is 0 Å². The van der Waals surface area contributed by atoms with Gasteiger partial charge in [-0.3, -0.25) is 0 Å². The van der Waals surface area contributed by atoms with Crippen molar-refractivity contribution in [1.82, 2.24) is 0 Å². The minimum atomic E-state index is -0.388. The molecule has 4 aromatic rings. The van der Waals surface area contributed by atoms with Gasteiger partial charge in [0.15, 0.2) is 0 Å². The summed E-state index contributed by atoms with van der Waals surface area (Å²) >= 11 is 0. The fourth-order valence-electron chi connectivity index (χ4n) is 7.98. The van der Waals surface area contributed by atoms with Crippen LogP contribution in [-0.2, 0) is 11.2 Å². The smallest absolute Gasteiger partial charge is 0.343 e.